The second-order valence-corrected chi connectivity index (χ2v) is 4.46. The fraction of sp³-hybridized carbons (Fsp3) is 0.571. The van der Waals surface area contributed by atoms with Crippen molar-refractivity contribution in [3.05, 3.63) is 35.9 Å². The largest absolute Gasteiger partial charge is 0.353 e. The van der Waals surface area contributed by atoms with Gasteiger partial charge in [-0.2, -0.15) is 0 Å². The van der Waals surface area contributed by atoms with Crippen molar-refractivity contribution < 1.29 is 14.4 Å². The van der Waals surface area contributed by atoms with E-state index in [9.17, 15) is 0 Å². The van der Waals surface area contributed by atoms with Gasteiger partial charge in [-0.15, -0.1) is 0 Å². The SMILES string of the molecule is CCOC1CC[NH+](Cc2ccccc2)CCO1. The first kappa shape index (κ1) is 12.6. The predicted molar refractivity (Wildman–Crippen MR) is 66.8 cm³/mol. The highest BCUT2D eigenvalue weighted by Gasteiger charge is 2.19. The molecule has 1 fully saturated rings. The van der Waals surface area contributed by atoms with Crippen LogP contribution in [0.1, 0.15) is 18.9 Å². The van der Waals surface area contributed by atoms with Crippen LogP contribution in [0.3, 0.4) is 0 Å². The molecule has 2 atom stereocenters. The standard InChI is InChI=1S/C14H21NO2/c1-2-16-14-8-9-15(10-11-17-14)12-13-6-4-3-5-7-13/h3-7,14H,2,8-12H2,1H3/p+1. The van der Waals surface area contributed by atoms with Gasteiger partial charge >= 0.3 is 0 Å². The second-order valence-electron chi connectivity index (χ2n) is 4.46. The van der Waals surface area contributed by atoms with Crippen molar-refractivity contribution in [2.24, 2.45) is 0 Å². The molecule has 1 saturated heterocycles. The lowest BCUT2D eigenvalue weighted by Gasteiger charge is -2.16. The molecule has 1 aromatic carbocycles. The molecular formula is C14H22NO2+. The molecule has 2 rings (SSSR count). The van der Waals surface area contributed by atoms with Crippen LogP contribution in [0.15, 0.2) is 30.3 Å². The Morgan fingerprint density at radius 2 is 2.12 bits per heavy atom. The van der Waals surface area contributed by atoms with Crippen molar-refractivity contribution in [1.29, 1.82) is 0 Å². The number of rotatable bonds is 4. The molecule has 2 unspecified atom stereocenters. The molecule has 0 spiro atoms. The minimum absolute atomic E-state index is 0.00766. The van der Waals surface area contributed by atoms with Crippen molar-refractivity contribution >= 4 is 0 Å². The van der Waals surface area contributed by atoms with Crippen molar-refractivity contribution in [1.82, 2.24) is 0 Å². The van der Waals surface area contributed by atoms with E-state index in [2.05, 4.69) is 30.3 Å². The van der Waals surface area contributed by atoms with Gasteiger partial charge in [0.1, 0.15) is 13.1 Å². The number of ether oxygens (including phenoxy) is 2. The van der Waals surface area contributed by atoms with Gasteiger partial charge < -0.3 is 14.4 Å². The maximum absolute atomic E-state index is 5.67. The molecule has 0 radical (unpaired) electrons. The molecule has 1 aliphatic rings. The van der Waals surface area contributed by atoms with E-state index in [4.69, 9.17) is 9.47 Å². The minimum Gasteiger partial charge on any atom is -0.353 e. The Bertz CT molecular complexity index is 315. The molecule has 0 aromatic heterocycles. The monoisotopic (exact) mass is 236 g/mol. The molecule has 3 heteroatoms. The van der Waals surface area contributed by atoms with Gasteiger partial charge in [-0.25, -0.2) is 0 Å². The van der Waals surface area contributed by atoms with Crippen LogP contribution in [-0.4, -0.2) is 32.6 Å². The van der Waals surface area contributed by atoms with Gasteiger partial charge in [0.05, 0.1) is 13.2 Å². The van der Waals surface area contributed by atoms with Crippen LogP contribution in [-0.2, 0) is 16.0 Å². The highest BCUT2D eigenvalue weighted by atomic mass is 16.7. The summed E-state index contributed by atoms with van der Waals surface area (Å²) in [6.45, 7) is 6.83. The van der Waals surface area contributed by atoms with Gasteiger partial charge in [0.15, 0.2) is 6.29 Å². The van der Waals surface area contributed by atoms with E-state index in [0.29, 0.717) is 0 Å². The van der Waals surface area contributed by atoms with Crippen LogP contribution >= 0.6 is 0 Å². The third kappa shape index (κ3) is 4.11. The molecule has 17 heavy (non-hydrogen) atoms. The van der Waals surface area contributed by atoms with E-state index in [0.717, 1.165) is 39.3 Å². The van der Waals surface area contributed by atoms with Crippen molar-refractivity contribution in [2.45, 2.75) is 26.2 Å². The zero-order valence-electron chi connectivity index (χ0n) is 10.5. The summed E-state index contributed by atoms with van der Waals surface area (Å²) in [4.78, 5) is 1.58. The lowest BCUT2D eigenvalue weighted by Crippen LogP contribution is -3.11. The molecule has 0 amide bonds. The zero-order valence-corrected chi connectivity index (χ0v) is 10.5. The Morgan fingerprint density at radius 3 is 2.88 bits per heavy atom. The van der Waals surface area contributed by atoms with Gasteiger partial charge in [-0.3, -0.25) is 0 Å². The Labute approximate surface area is 103 Å². The Hall–Kier alpha value is -0.900. The van der Waals surface area contributed by atoms with Gasteiger partial charge in [0.25, 0.3) is 0 Å². The van der Waals surface area contributed by atoms with Crippen molar-refractivity contribution in [3.63, 3.8) is 0 Å². The summed E-state index contributed by atoms with van der Waals surface area (Å²) in [5, 5.41) is 0. The summed E-state index contributed by atoms with van der Waals surface area (Å²) in [6, 6.07) is 10.7. The Morgan fingerprint density at radius 1 is 1.29 bits per heavy atom. The fourth-order valence-corrected chi connectivity index (χ4v) is 2.24. The van der Waals surface area contributed by atoms with Gasteiger partial charge in [-0.1, -0.05) is 30.3 Å². The molecule has 94 valence electrons. The number of nitrogens with one attached hydrogen (secondary N) is 1. The third-order valence-corrected chi connectivity index (χ3v) is 3.14. The highest BCUT2D eigenvalue weighted by molar-refractivity contribution is 5.13. The maximum Gasteiger partial charge on any atom is 0.163 e. The van der Waals surface area contributed by atoms with E-state index in [-0.39, 0.29) is 6.29 Å². The van der Waals surface area contributed by atoms with Crippen LogP contribution in [0.25, 0.3) is 0 Å². The van der Waals surface area contributed by atoms with E-state index >= 15 is 0 Å². The van der Waals surface area contributed by atoms with Gasteiger partial charge in [0.2, 0.25) is 0 Å². The Balaban J connectivity index is 1.83. The average molecular weight is 236 g/mol. The number of quaternary nitrogens is 1. The van der Waals surface area contributed by atoms with Crippen molar-refractivity contribution in [3.8, 4) is 0 Å². The topological polar surface area (TPSA) is 22.9 Å². The van der Waals surface area contributed by atoms with E-state index in [1.807, 2.05) is 6.92 Å². The van der Waals surface area contributed by atoms with Crippen LogP contribution in [0.2, 0.25) is 0 Å². The first-order chi connectivity index (χ1) is 8.38. The minimum atomic E-state index is 0.00766. The average Bonchev–Trinajstić information content (AvgIpc) is 2.57. The molecule has 3 nitrogen and oxygen atoms in total. The summed E-state index contributed by atoms with van der Waals surface area (Å²) < 4.78 is 11.2. The molecule has 0 bridgehead atoms. The molecule has 1 heterocycles. The summed E-state index contributed by atoms with van der Waals surface area (Å²) in [5.41, 5.74) is 1.40. The van der Waals surface area contributed by atoms with Crippen molar-refractivity contribution in [2.75, 3.05) is 26.3 Å². The molecule has 1 aliphatic heterocycles. The first-order valence-electron chi connectivity index (χ1n) is 6.49. The van der Waals surface area contributed by atoms with Gasteiger partial charge in [-0.05, 0) is 6.92 Å². The lowest BCUT2D eigenvalue weighted by molar-refractivity contribution is -0.912. The third-order valence-electron chi connectivity index (χ3n) is 3.14. The zero-order chi connectivity index (χ0) is 11.9. The number of benzene rings is 1. The number of hydrogen-bond donors (Lipinski definition) is 1. The van der Waals surface area contributed by atoms with Crippen LogP contribution in [0.4, 0.5) is 0 Å². The van der Waals surface area contributed by atoms with E-state index in [1.54, 1.807) is 4.90 Å². The van der Waals surface area contributed by atoms with Crippen LogP contribution in [0.5, 0.6) is 0 Å². The highest BCUT2D eigenvalue weighted by Crippen LogP contribution is 2.02. The molecule has 1 N–H and O–H groups in total. The second kappa shape index (κ2) is 6.74. The summed E-state index contributed by atoms with van der Waals surface area (Å²) in [5.74, 6) is 0. The summed E-state index contributed by atoms with van der Waals surface area (Å²) in [6.07, 6.45) is 1.00. The normalized spacial score (nSPS) is 25.5. The number of hydrogen-bond acceptors (Lipinski definition) is 2. The van der Waals surface area contributed by atoms with Gasteiger partial charge in [0, 0.05) is 18.6 Å². The maximum atomic E-state index is 5.67. The molecular weight excluding hydrogens is 214 g/mol. The molecule has 0 aliphatic carbocycles. The predicted octanol–water partition coefficient (Wildman–Crippen LogP) is 0.854. The Kier molecular flexibility index (Phi) is 4.98. The van der Waals surface area contributed by atoms with E-state index in [1.165, 1.54) is 5.56 Å². The smallest absolute Gasteiger partial charge is 0.163 e. The molecule has 0 saturated carbocycles. The fourth-order valence-electron chi connectivity index (χ4n) is 2.24. The lowest BCUT2D eigenvalue weighted by atomic mass is 10.2. The summed E-state index contributed by atoms with van der Waals surface area (Å²) >= 11 is 0. The van der Waals surface area contributed by atoms with Crippen LogP contribution < -0.4 is 4.90 Å². The summed E-state index contributed by atoms with van der Waals surface area (Å²) in [7, 11) is 0. The van der Waals surface area contributed by atoms with Crippen LogP contribution in [0, 0.1) is 0 Å². The first-order valence-corrected chi connectivity index (χ1v) is 6.49. The molecule has 1 aromatic rings. The van der Waals surface area contributed by atoms with E-state index < -0.39 is 0 Å². The quantitative estimate of drug-likeness (QED) is 0.838.